The Hall–Kier alpha value is -3.46. The van der Waals surface area contributed by atoms with E-state index in [2.05, 4.69) is 11.1 Å². The SMILES string of the molecule is COc1cc(C=C(C#N)c2nc3ccccc3n2C)cc2c1OCCO2. The fourth-order valence-corrected chi connectivity index (χ4v) is 3.08. The van der Waals surface area contributed by atoms with Crippen molar-refractivity contribution in [2.24, 2.45) is 7.05 Å². The number of methoxy groups -OCH3 is 1. The zero-order valence-corrected chi connectivity index (χ0v) is 14.5. The van der Waals surface area contributed by atoms with E-state index in [1.54, 1.807) is 13.2 Å². The number of nitriles is 1. The summed E-state index contributed by atoms with van der Waals surface area (Å²) in [7, 11) is 3.48. The predicted molar refractivity (Wildman–Crippen MR) is 98.2 cm³/mol. The number of hydrogen-bond acceptors (Lipinski definition) is 5. The van der Waals surface area contributed by atoms with Crippen molar-refractivity contribution in [3.05, 3.63) is 47.8 Å². The van der Waals surface area contributed by atoms with Crippen molar-refractivity contribution in [1.82, 2.24) is 9.55 Å². The van der Waals surface area contributed by atoms with Crippen LogP contribution in [-0.4, -0.2) is 29.9 Å². The fourth-order valence-electron chi connectivity index (χ4n) is 3.08. The third kappa shape index (κ3) is 2.64. The molecule has 0 radical (unpaired) electrons. The lowest BCUT2D eigenvalue weighted by Gasteiger charge is -2.21. The monoisotopic (exact) mass is 347 g/mol. The summed E-state index contributed by atoms with van der Waals surface area (Å²) in [6.45, 7) is 0.973. The first-order valence-electron chi connectivity index (χ1n) is 8.22. The van der Waals surface area contributed by atoms with E-state index >= 15 is 0 Å². The van der Waals surface area contributed by atoms with Crippen LogP contribution in [0.1, 0.15) is 11.4 Å². The summed E-state index contributed by atoms with van der Waals surface area (Å²) in [6.07, 6.45) is 1.78. The van der Waals surface area contributed by atoms with Gasteiger partial charge in [-0.1, -0.05) is 12.1 Å². The zero-order valence-electron chi connectivity index (χ0n) is 14.5. The maximum atomic E-state index is 9.70. The number of aromatic nitrogens is 2. The van der Waals surface area contributed by atoms with Crippen LogP contribution >= 0.6 is 0 Å². The van der Waals surface area contributed by atoms with Gasteiger partial charge in [0.2, 0.25) is 5.75 Å². The lowest BCUT2D eigenvalue weighted by Crippen LogP contribution is -2.16. The molecule has 2 aromatic carbocycles. The van der Waals surface area contributed by atoms with Gasteiger partial charge in [0.05, 0.1) is 23.7 Å². The summed E-state index contributed by atoms with van der Waals surface area (Å²) in [6, 6.07) is 13.7. The quantitative estimate of drug-likeness (QED) is 0.679. The van der Waals surface area contributed by atoms with Gasteiger partial charge in [-0.05, 0) is 35.9 Å². The average Bonchev–Trinajstić information content (AvgIpc) is 3.02. The fraction of sp³-hybridized carbons (Fsp3) is 0.200. The molecule has 0 unspecified atom stereocenters. The van der Waals surface area contributed by atoms with Crippen LogP contribution in [0.3, 0.4) is 0 Å². The molecule has 0 saturated heterocycles. The molecule has 1 aromatic heterocycles. The number of benzene rings is 2. The van der Waals surface area contributed by atoms with Gasteiger partial charge in [-0.2, -0.15) is 5.26 Å². The van der Waals surface area contributed by atoms with Crippen molar-refractivity contribution in [1.29, 1.82) is 5.26 Å². The van der Waals surface area contributed by atoms with E-state index in [1.807, 2.05) is 48.0 Å². The molecular weight excluding hydrogens is 330 g/mol. The molecule has 0 aliphatic carbocycles. The molecule has 130 valence electrons. The predicted octanol–water partition coefficient (Wildman–Crippen LogP) is 3.42. The molecular formula is C20H17N3O3. The van der Waals surface area contributed by atoms with Crippen LogP contribution in [0.2, 0.25) is 0 Å². The molecule has 0 fully saturated rings. The number of fused-ring (bicyclic) bond motifs is 2. The molecule has 0 bridgehead atoms. The highest BCUT2D eigenvalue weighted by Crippen LogP contribution is 2.41. The van der Waals surface area contributed by atoms with Crippen LogP contribution in [0.5, 0.6) is 17.2 Å². The smallest absolute Gasteiger partial charge is 0.203 e. The van der Waals surface area contributed by atoms with Crippen molar-refractivity contribution < 1.29 is 14.2 Å². The number of nitrogens with zero attached hydrogens (tertiary/aromatic N) is 3. The van der Waals surface area contributed by atoms with Crippen molar-refractivity contribution >= 4 is 22.7 Å². The number of imidazole rings is 1. The van der Waals surface area contributed by atoms with Crippen LogP contribution in [0.15, 0.2) is 36.4 Å². The summed E-state index contributed by atoms with van der Waals surface area (Å²) >= 11 is 0. The Balaban J connectivity index is 1.83. The largest absolute Gasteiger partial charge is 0.493 e. The standard InChI is InChI=1S/C20H17N3O3/c1-23-16-6-4-3-5-15(16)22-20(23)14(12-21)9-13-10-17(24-2)19-18(11-13)25-7-8-26-19/h3-6,9-11H,7-8H2,1-2H3. The van der Waals surface area contributed by atoms with Crippen molar-refractivity contribution in [2.45, 2.75) is 0 Å². The Bertz CT molecular complexity index is 1040. The highest BCUT2D eigenvalue weighted by molar-refractivity contribution is 5.91. The first kappa shape index (κ1) is 16.0. The molecule has 0 N–H and O–H groups in total. The third-order valence-corrected chi connectivity index (χ3v) is 4.31. The second-order valence-electron chi connectivity index (χ2n) is 5.90. The van der Waals surface area contributed by atoms with Gasteiger partial charge in [-0.3, -0.25) is 0 Å². The molecule has 6 heteroatoms. The minimum atomic E-state index is 0.461. The minimum Gasteiger partial charge on any atom is -0.493 e. The van der Waals surface area contributed by atoms with E-state index < -0.39 is 0 Å². The molecule has 26 heavy (non-hydrogen) atoms. The second kappa shape index (κ2) is 6.45. The normalized spacial score (nSPS) is 13.5. The van der Waals surface area contributed by atoms with E-state index in [9.17, 15) is 5.26 Å². The molecule has 0 amide bonds. The van der Waals surface area contributed by atoms with Crippen LogP contribution in [-0.2, 0) is 7.05 Å². The molecule has 0 atom stereocenters. The third-order valence-electron chi connectivity index (χ3n) is 4.31. The summed E-state index contributed by atoms with van der Waals surface area (Å²) < 4.78 is 18.6. The molecule has 0 saturated carbocycles. The average molecular weight is 347 g/mol. The lowest BCUT2D eigenvalue weighted by atomic mass is 10.1. The van der Waals surface area contributed by atoms with Crippen molar-refractivity contribution in [3.63, 3.8) is 0 Å². The van der Waals surface area contributed by atoms with Gasteiger partial charge in [0.1, 0.15) is 19.3 Å². The number of allylic oxidation sites excluding steroid dienone is 1. The summed E-state index contributed by atoms with van der Waals surface area (Å²) in [4.78, 5) is 4.59. The van der Waals surface area contributed by atoms with Gasteiger partial charge < -0.3 is 18.8 Å². The Morgan fingerprint density at radius 2 is 2.08 bits per heavy atom. The Labute approximate surface area is 150 Å². The lowest BCUT2D eigenvalue weighted by molar-refractivity contribution is 0.165. The minimum absolute atomic E-state index is 0.461. The van der Waals surface area contributed by atoms with E-state index in [4.69, 9.17) is 14.2 Å². The zero-order chi connectivity index (χ0) is 18.1. The van der Waals surface area contributed by atoms with Gasteiger partial charge >= 0.3 is 0 Å². The van der Waals surface area contributed by atoms with Crippen LogP contribution in [0, 0.1) is 11.3 Å². The highest BCUT2D eigenvalue weighted by atomic mass is 16.6. The van der Waals surface area contributed by atoms with E-state index in [1.165, 1.54) is 0 Å². The molecule has 0 spiro atoms. The van der Waals surface area contributed by atoms with E-state index in [0.29, 0.717) is 41.9 Å². The highest BCUT2D eigenvalue weighted by Gasteiger charge is 2.19. The summed E-state index contributed by atoms with van der Waals surface area (Å²) in [5.74, 6) is 2.40. The number of ether oxygens (including phenoxy) is 3. The number of hydrogen-bond donors (Lipinski definition) is 0. The van der Waals surface area contributed by atoms with Gasteiger partial charge in [-0.25, -0.2) is 4.98 Å². The van der Waals surface area contributed by atoms with Gasteiger partial charge in [-0.15, -0.1) is 0 Å². The Kier molecular flexibility index (Phi) is 3.98. The Morgan fingerprint density at radius 3 is 2.85 bits per heavy atom. The maximum Gasteiger partial charge on any atom is 0.203 e. The van der Waals surface area contributed by atoms with Gasteiger partial charge in [0.15, 0.2) is 17.3 Å². The van der Waals surface area contributed by atoms with E-state index in [-0.39, 0.29) is 0 Å². The molecule has 4 rings (SSSR count). The molecule has 1 aliphatic heterocycles. The molecule has 2 heterocycles. The number of para-hydroxylation sites is 2. The maximum absolute atomic E-state index is 9.70. The molecule has 1 aliphatic rings. The molecule has 6 nitrogen and oxygen atoms in total. The van der Waals surface area contributed by atoms with Crippen LogP contribution in [0.4, 0.5) is 0 Å². The van der Waals surface area contributed by atoms with Crippen molar-refractivity contribution in [3.8, 4) is 23.3 Å². The Morgan fingerprint density at radius 1 is 1.27 bits per heavy atom. The first-order chi connectivity index (χ1) is 12.7. The van der Waals surface area contributed by atoms with E-state index in [0.717, 1.165) is 16.6 Å². The second-order valence-corrected chi connectivity index (χ2v) is 5.90. The van der Waals surface area contributed by atoms with Gasteiger partial charge in [0.25, 0.3) is 0 Å². The number of rotatable bonds is 3. The topological polar surface area (TPSA) is 69.3 Å². The van der Waals surface area contributed by atoms with Crippen molar-refractivity contribution in [2.75, 3.05) is 20.3 Å². The van der Waals surface area contributed by atoms with Crippen LogP contribution in [0.25, 0.3) is 22.7 Å². The van der Waals surface area contributed by atoms with Gasteiger partial charge in [0, 0.05) is 7.05 Å². The first-order valence-corrected chi connectivity index (χ1v) is 8.22. The summed E-state index contributed by atoms with van der Waals surface area (Å²) in [5, 5.41) is 9.70. The molecule has 3 aromatic rings. The van der Waals surface area contributed by atoms with Crippen LogP contribution < -0.4 is 14.2 Å². The number of aryl methyl sites for hydroxylation is 1. The summed E-state index contributed by atoms with van der Waals surface area (Å²) in [5.41, 5.74) is 3.08.